The van der Waals surface area contributed by atoms with Crippen LogP contribution >= 0.6 is 0 Å². The third-order valence-electron chi connectivity index (χ3n) is 2.19. The molecule has 0 unspecified atom stereocenters. The molecule has 0 saturated carbocycles. The molecule has 0 amide bonds. The molecule has 0 spiro atoms. The molecule has 0 bridgehead atoms. The SMILES string of the molecule is OCCNc1ccnc2c(F)cc(F)cc12. The van der Waals surface area contributed by atoms with E-state index in [1.165, 1.54) is 12.3 Å². The number of hydrogen-bond acceptors (Lipinski definition) is 3. The average Bonchev–Trinajstić information content (AvgIpc) is 2.26. The standard InChI is InChI=1S/C11H10F2N2O/c12-7-5-8-10(14-3-4-16)1-2-15-11(8)9(13)6-7/h1-2,5-6,16H,3-4H2,(H,14,15). The molecule has 0 fully saturated rings. The Bertz CT molecular complexity index is 517. The molecule has 0 atom stereocenters. The van der Waals surface area contributed by atoms with Gasteiger partial charge in [0.05, 0.1) is 6.61 Å². The van der Waals surface area contributed by atoms with Crippen molar-refractivity contribution in [2.24, 2.45) is 0 Å². The second kappa shape index (κ2) is 4.40. The van der Waals surface area contributed by atoms with Gasteiger partial charge >= 0.3 is 0 Å². The van der Waals surface area contributed by atoms with Crippen molar-refractivity contribution < 1.29 is 13.9 Å². The number of fused-ring (bicyclic) bond motifs is 1. The first-order valence-corrected chi connectivity index (χ1v) is 4.81. The molecule has 3 nitrogen and oxygen atoms in total. The van der Waals surface area contributed by atoms with Gasteiger partial charge in [0.2, 0.25) is 0 Å². The minimum atomic E-state index is -0.692. The Morgan fingerprint density at radius 1 is 1.31 bits per heavy atom. The van der Waals surface area contributed by atoms with Gasteiger partial charge in [-0.1, -0.05) is 0 Å². The average molecular weight is 224 g/mol. The summed E-state index contributed by atoms with van der Waals surface area (Å²) < 4.78 is 26.4. The highest BCUT2D eigenvalue weighted by atomic mass is 19.1. The monoisotopic (exact) mass is 224 g/mol. The summed E-state index contributed by atoms with van der Waals surface area (Å²) in [7, 11) is 0. The van der Waals surface area contributed by atoms with E-state index >= 15 is 0 Å². The molecule has 0 aliphatic rings. The van der Waals surface area contributed by atoms with E-state index in [1.807, 2.05) is 0 Å². The van der Waals surface area contributed by atoms with Crippen LogP contribution in [0.5, 0.6) is 0 Å². The zero-order valence-electron chi connectivity index (χ0n) is 8.37. The third-order valence-corrected chi connectivity index (χ3v) is 2.19. The van der Waals surface area contributed by atoms with Crippen LogP contribution in [0.3, 0.4) is 0 Å². The number of aliphatic hydroxyl groups is 1. The Hall–Kier alpha value is -1.75. The number of aromatic nitrogens is 1. The second-order valence-corrected chi connectivity index (χ2v) is 3.29. The lowest BCUT2D eigenvalue weighted by atomic mass is 10.1. The van der Waals surface area contributed by atoms with E-state index in [9.17, 15) is 8.78 Å². The molecular formula is C11H10F2N2O. The Morgan fingerprint density at radius 2 is 2.12 bits per heavy atom. The van der Waals surface area contributed by atoms with Gasteiger partial charge in [-0.05, 0) is 12.1 Å². The van der Waals surface area contributed by atoms with Crippen LogP contribution < -0.4 is 5.32 Å². The van der Waals surface area contributed by atoms with E-state index in [2.05, 4.69) is 10.3 Å². The van der Waals surface area contributed by atoms with Gasteiger partial charge in [-0.3, -0.25) is 4.98 Å². The van der Waals surface area contributed by atoms with Crippen LogP contribution in [0.1, 0.15) is 0 Å². The van der Waals surface area contributed by atoms with Crippen molar-refractivity contribution in [2.75, 3.05) is 18.5 Å². The summed E-state index contributed by atoms with van der Waals surface area (Å²) in [4.78, 5) is 3.85. The van der Waals surface area contributed by atoms with E-state index in [1.54, 1.807) is 6.07 Å². The van der Waals surface area contributed by atoms with Crippen molar-refractivity contribution in [3.8, 4) is 0 Å². The maximum Gasteiger partial charge on any atom is 0.152 e. The highest BCUT2D eigenvalue weighted by molar-refractivity contribution is 5.91. The van der Waals surface area contributed by atoms with Gasteiger partial charge in [-0.25, -0.2) is 8.78 Å². The highest BCUT2D eigenvalue weighted by Gasteiger charge is 2.08. The van der Waals surface area contributed by atoms with Crippen LogP contribution in [-0.4, -0.2) is 23.2 Å². The van der Waals surface area contributed by atoms with Gasteiger partial charge in [0.1, 0.15) is 11.3 Å². The van der Waals surface area contributed by atoms with Crippen molar-refractivity contribution in [3.05, 3.63) is 36.0 Å². The first kappa shape index (κ1) is 10.8. The predicted molar refractivity (Wildman–Crippen MR) is 57.2 cm³/mol. The Labute approximate surface area is 90.7 Å². The molecule has 2 N–H and O–H groups in total. The maximum atomic E-state index is 13.4. The molecule has 1 aromatic heterocycles. The minimum absolute atomic E-state index is 0.0540. The number of rotatable bonds is 3. The van der Waals surface area contributed by atoms with Gasteiger partial charge in [-0.15, -0.1) is 0 Å². The summed E-state index contributed by atoms with van der Waals surface area (Å²) in [5.74, 6) is -1.34. The molecule has 0 aliphatic carbocycles. The molecule has 5 heteroatoms. The van der Waals surface area contributed by atoms with Gasteiger partial charge in [-0.2, -0.15) is 0 Å². The minimum Gasteiger partial charge on any atom is -0.395 e. The lowest BCUT2D eigenvalue weighted by Crippen LogP contribution is -2.06. The predicted octanol–water partition coefficient (Wildman–Crippen LogP) is 1.92. The van der Waals surface area contributed by atoms with E-state index < -0.39 is 11.6 Å². The van der Waals surface area contributed by atoms with Crippen LogP contribution in [0.25, 0.3) is 10.9 Å². The number of halogens is 2. The topological polar surface area (TPSA) is 45.1 Å². The number of pyridine rings is 1. The van der Waals surface area contributed by atoms with Crippen molar-refractivity contribution >= 4 is 16.6 Å². The first-order valence-electron chi connectivity index (χ1n) is 4.81. The summed E-state index contributed by atoms with van der Waals surface area (Å²) >= 11 is 0. The van der Waals surface area contributed by atoms with Crippen molar-refractivity contribution in [3.63, 3.8) is 0 Å². The molecule has 0 radical (unpaired) electrons. The normalized spacial score (nSPS) is 10.7. The maximum absolute atomic E-state index is 13.4. The van der Waals surface area contributed by atoms with Crippen molar-refractivity contribution in [1.82, 2.24) is 4.98 Å². The van der Waals surface area contributed by atoms with Crippen molar-refractivity contribution in [2.45, 2.75) is 0 Å². The lowest BCUT2D eigenvalue weighted by molar-refractivity contribution is 0.311. The first-order chi connectivity index (χ1) is 7.72. The van der Waals surface area contributed by atoms with E-state index in [4.69, 9.17) is 5.11 Å². The second-order valence-electron chi connectivity index (χ2n) is 3.29. The summed E-state index contributed by atoms with van der Waals surface area (Å²) in [5.41, 5.74) is 0.668. The number of nitrogens with zero attached hydrogens (tertiary/aromatic N) is 1. The van der Waals surface area contributed by atoms with Crippen LogP contribution in [-0.2, 0) is 0 Å². The zero-order valence-corrected chi connectivity index (χ0v) is 8.37. The van der Waals surface area contributed by atoms with E-state index in [-0.39, 0.29) is 12.1 Å². The molecule has 16 heavy (non-hydrogen) atoms. The summed E-state index contributed by atoms with van der Waals surface area (Å²) in [5, 5.41) is 11.9. The summed E-state index contributed by atoms with van der Waals surface area (Å²) in [6, 6.07) is 3.62. The number of benzene rings is 1. The Balaban J connectivity index is 2.57. The third kappa shape index (κ3) is 1.94. The molecule has 0 aliphatic heterocycles. The number of anilines is 1. The van der Waals surface area contributed by atoms with E-state index in [0.29, 0.717) is 17.6 Å². The fourth-order valence-electron chi connectivity index (χ4n) is 1.52. The molecule has 1 heterocycles. The van der Waals surface area contributed by atoms with Gasteiger partial charge in [0.15, 0.2) is 5.82 Å². The molecular weight excluding hydrogens is 214 g/mol. The number of nitrogens with one attached hydrogen (secondary N) is 1. The Morgan fingerprint density at radius 3 is 2.88 bits per heavy atom. The number of hydrogen-bond donors (Lipinski definition) is 2. The van der Waals surface area contributed by atoms with Crippen LogP contribution in [0, 0.1) is 11.6 Å². The smallest absolute Gasteiger partial charge is 0.152 e. The molecule has 84 valence electrons. The fraction of sp³-hybridized carbons (Fsp3) is 0.182. The van der Waals surface area contributed by atoms with Crippen LogP contribution in [0.2, 0.25) is 0 Å². The number of aliphatic hydroxyl groups excluding tert-OH is 1. The quantitative estimate of drug-likeness (QED) is 0.837. The van der Waals surface area contributed by atoms with E-state index in [0.717, 1.165) is 6.07 Å². The van der Waals surface area contributed by atoms with Gasteiger partial charge in [0.25, 0.3) is 0 Å². The summed E-state index contributed by atoms with van der Waals surface area (Å²) in [6.45, 7) is 0.263. The largest absolute Gasteiger partial charge is 0.395 e. The zero-order chi connectivity index (χ0) is 11.5. The van der Waals surface area contributed by atoms with Gasteiger partial charge in [0, 0.05) is 29.9 Å². The Kier molecular flexibility index (Phi) is 2.96. The van der Waals surface area contributed by atoms with Gasteiger partial charge < -0.3 is 10.4 Å². The highest BCUT2D eigenvalue weighted by Crippen LogP contribution is 2.24. The molecule has 0 saturated heterocycles. The summed E-state index contributed by atoms with van der Waals surface area (Å²) in [6.07, 6.45) is 1.43. The molecule has 1 aromatic carbocycles. The van der Waals surface area contributed by atoms with Crippen molar-refractivity contribution in [1.29, 1.82) is 0 Å². The van der Waals surface area contributed by atoms with Crippen LogP contribution in [0.15, 0.2) is 24.4 Å². The molecule has 2 aromatic rings. The van der Waals surface area contributed by atoms with Crippen LogP contribution in [0.4, 0.5) is 14.5 Å². The lowest BCUT2D eigenvalue weighted by Gasteiger charge is -2.08. The molecule has 2 rings (SSSR count). The fourth-order valence-corrected chi connectivity index (χ4v) is 1.52.